The Kier molecular flexibility index (Phi) is 5.07. The first-order chi connectivity index (χ1) is 15.1. The number of benzene rings is 1. The summed E-state index contributed by atoms with van der Waals surface area (Å²) in [5.41, 5.74) is 2.81. The molecule has 1 saturated carbocycles. The van der Waals surface area contributed by atoms with E-state index in [1.807, 2.05) is 73.8 Å². The molecule has 1 unspecified atom stereocenters. The van der Waals surface area contributed by atoms with Crippen molar-refractivity contribution in [1.29, 1.82) is 0 Å². The molecule has 8 nitrogen and oxygen atoms in total. The topological polar surface area (TPSA) is 90.0 Å². The van der Waals surface area contributed by atoms with Gasteiger partial charge in [0.25, 0.3) is 0 Å². The Morgan fingerprint density at radius 2 is 2.00 bits per heavy atom. The molecule has 3 atom stereocenters. The van der Waals surface area contributed by atoms with Crippen LogP contribution in [0, 0.1) is 0 Å². The van der Waals surface area contributed by atoms with E-state index in [2.05, 4.69) is 15.4 Å². The van der Waals surface area contributed by atoms with Gasteiger partial charge in [0.2, 0.25) is 0 Å². The number of pyridine rings is 1. The monoisotopic (exact) mass is 418 g/mol. The van der Waals surface area contributed by atoms with Crippen molar-refractivity contribution in [2.45, 2.75) is 37.5 Å². The Morgan fingerprint density at radius 3 is 2.71 bits per heavy atom. The second-order valence-corrected chi connectivity index (χ2v) is 8.04. The fraction of sp³-hybridized carbons (Fsp3) is 0.348. The third-order valence-electron chi connectivity index (χ3n) is 5.93. The highest BCUT2D eigenvalue weighted by Gasteiger charge is 2.33. The van der Waals surface area contributed by atoms with E-state index in [0.717, 1.165) is 46.6 Å². The number of nitrogens with zero attached hydrogens (tertiary/aromatic N) is 5. The number of nitrogens with one attached hydrogen (secondary N) is 1. The summed E-state index contributed by atoms with van der Waals surface area (Å²) in [5, 5.41) is 24.2. The molecule has 1 fully saturated rings. The largest absolute Gasteiger partial charge is 0.488 e. The summed E-state index contributed by atoms with van der Waals surface area (Å²) in [6.45, 7) is 0. The molecule has 2 N–H and O–H groups in total. The molecule has 0 spiro atoms. The van der Waals surface area contributed by atoms with Crippen molar-refractivity contribution < 1.29 is 9.84 Å². The van der Waals surface area contributed by atoms with Crippen molar-refractivity contribution in [3.8, 4) is 17.0 Å². The number of aliphatic hydroxyl groups excluding tert-OH is 1. The molecule has 1 aromatic carbocycles. The van der Waals surface area contributed by atoms with Gasteiger partial charge in [0, 0.05) is 43.5 Å². The van der Waals surface area contributed by atoms with Gasteiger partial charge in [-0.2, -0.15) is 10.2 Å². The summed E-state index contributed by atoms with van der Waals surface area (Å²) in [4.78, 5) is 4.49. The summed E-state index contributed by atoms with van der Waals surface area (Å²) in [5.74, 6) is 1.58. The molecule has 31 heavy (non-hydrogen) atoms. The van der Waals surface area contributed by atoms with Crippen molar-refractivity contribution in [2.75, 3.05) is 12.4 Å². The summed E-state index contributed by atoms with van der Waals surface area (Å²) in [6.07, 6.45) is 7.06. The minimum atomic E-state index is -0.564. The Balaban J connectivity index is 1.46. The minimum Gasteiger partial charge on any atom is -0.488 e. The standard InChI is InChI=1S/C23H26N6O2/c1-24-22-11-19-18(13-25-22)23(15-12-26-28(2)14-15)27-29(19)16-8-9-21(20(30)10-16)31-17-6-4-3-5-7-17/h3-7,11-14,16,20-21,30H,8-10H2,1-2H3,(H,24,25)/t16?,20-,21-/m0/s1. The smallest absolute Gasteiger partial charge is 0.127 e. The van der Waals surface area contributed by atoms with Crippen molar-refractivity contribution in [3.05, 3.63) is 55.0 Å². The number of para-hydroxylation sites is 1. The van der Waals surface area contributed by atoms with Crippen LogP contribution in [0.25, 0.3) is 22.2 Å². The molecule has 0 aliphatic heterocycles. The maximum Gasteiger partial charge on any atom is 0.127 e. The fourth-order valence-corrected chi connectivity index (χ4v) is 4.33. The van der Waals surface area contributed by atoms with Crippen molar-refractivity contribution in [3.63, 3.8) is 0 Å². The first-order valence-electron chi connectivity index (χ1n) is 10.6. The van der Waals surface area contributed by atoms with Gasteiger partial charge in [0.05, 0.1) is 23.9 Å². The molecule has 3 aromatic heterocycles. The quantitative estimate of drug-likeness (QED) is 0.516. The number of aliphatic hydroxyl groups is 1. The molecule has 4 aromatic rings. The highest BCUT2D eigenvalue weighted by Crippen LogP contribution is 2.36. The molecule has 0 saturated heterocycles. The highest BCUT2D eigenvalue weighted by molar-refractivity contribution is 5.93. The van der Waals surface area contributed by atoms with Crippen LogP contribution in [-0.2, 0) is 7.05 Å². The number of aryl methyl sites for hydroxylation is 1. The van der Waals surface area contributed by atoms with Gasteiger partial charge in [-0.1, -0.05) is 18.2 Å². The zero-order valence-corrected chi connectivity index (χ0v) is 17.6. The van der Waals surface area contributed by atoms with Gasteiger partial charge in [0.15, 0.2) is 0 Å². The number of hydrogen-bond acceptors (Lipinski definition) is 6. The van der Waals surface area contributed by atoms with Crippen LogP contribution in [0.15, 0.2) is 55.0 Å². The first kappa shape index (κ1) is 19.6. The van der Waals surface area contributed by atoms with Gasteiger partial charge < -0.3 is 15.2 Å². The van der Waals surface area contributed by atoms with Crippen molar-refractivity contribution in [2.24, 2.45) is 7.05 Å². The van der Waals surface area contributed by atoms with E-state index in [0.29, 0.717) is 6.42 Å². The molecular weight excluding hydrogens is 392 g/mol. The number of fused-ring (bicyclic) bond motifs is 1. The minimum absolute atomic E-state index is 0.0747. The molecule has 0 bridgehead atoms. The second-order valence-electron chi connectivity index (χ2n) is 8.04. The molecule has 1 aliphatic rings. The van der Waals surface area contributed by atoms with Gasteiger partial charge in [0.1, 0.15) is 23.4 Å². The van der Waals surface area contributed by atoms with Crippen LogP contribution in [0.3, 0.4) is 0 Å². The highest BCUT2D eigenvalue weighted by atomic mass is 16.5. The van der Waals surface area contributed by atoms with Crippen LogP contribution in [0.2, 0.25) is 0 Å². The molecule has 3 heterocycles. The molecule has 5 rings (SSSR count). The number of anilines is 1. The second kappa shape index (κ2) is 8.03. The predicted molar refractivity (Wildman–Crippen MR) is 119 cm³/mol. The number of rotatable bonds is 5. The maximum atomic E-state index is 10.9. The van der Waals surface area contributed by atoms with E-state index < -0.39 is 6.10 Å². The van der Waals surface area contributed by atoms with E-state index in [-0.39, 0.29) is 12.1 Å². The third-order valence-corrected chi connectivity index (χ3v) is 5.93. The Morgan fingerprint density at radius 1 is 1.16 bits per heavy atom. The average molecular weight is 419 g/mol. The van der Waals surface area contributed by atoms with Gasteiger partial charge in [-0.15, -0.1) is 0 Å². The molecule has 160 valence electrons. The SMILES string of the molecule is CNc1cc2c(cn1)c(-c1cnn(C)c1)nn2C1CC[C@H](Oc2ccccc2)[C@@H](O)C1. The molecule has 8 heteroatoms. The van der Waals surface area contributed by atoms with Crippen molar-refractivity contribution >= 4 is 16.7 Å². The number of aromatic nitrogens is 5. The fourth-order valence-electron chi connectivity index (χ4n) is 4.33. The summed E-state index contributed by atoms with van der Waals surface area (Å²) < 4.78 is 9.86. The Labute approximate surface area is 180 Å². The third kappa shape index (κ3) is 3.74. The summed E-state index contributed by atoms with van der Waals surface area (Å²) in [7, 11) is 3.75. The lowest BCUT2D eigenvalue weighted by atomic mass is 9.90. The lowest BCUT2D eigenvalue weighted by Crippen LogP contribution is -2.38. The molecule has 1 aliphatic carbocycles. The Bertz CT molecular complexity index is 1190. The van der Waals surface area contributed by atoms with Crippen LogP contribution in [0.4, 0.5) is 5.82 Å². The van der Waals surface area contributed by atoms with Gasteiger partial charge in [-0.05, 0) is 31.4 Å². The number of ether oxygens (including phenoxy) is 1. The van der Waals surface area contributed by atoms with E-state index in [1.54, 1.807) is 4.68 Å². The van der Waals surface area contributed by atoms with Crippen LogP contribution in [-0.4, -0.2) is 48.9 Å². The Hall–Kier alpha value is -3.39. The van der Waals surface area contributed by atoms with E-state index >= 15 is 0 Å². The van der Waals surface area contributed by atoms with E-state index in [4.69, 9.17) is 9.84 Å². The predicted octanol–water partition coefficient (Wildman–Crippen LogP) is 3.41. The van der Waals surface area contributed by atoms with Crippen LogP contribution in [0.1, 0.15) is 25.3 Å². The lowest BCUT2D eigenvalue weighted by Gasteiger charge is -2.33. The van der Waals surface area contributed by atoms with Gasteiger partial charge in [-0.3, -0.25) is 9.36 Å². The average Bonchev–Trinajstić information content (AvgIpc) is 3.39. The summed E-state index contributed by atoms with van der Waals surface area (Å²) in [6, 6.07) is 11.8. The lowest BCUT2D eigenvalue weighted by molar-refractivity contribution is -0.00946. The van der Waals surface area contributed by atoms with E-state index in [9.17, 15) is 5.11 Å². The van der Waals surface area contributed by atoms with Crippen molar-refractivity contribution in [1.82, 2.24) is 24.5 Å². The molecule has 0 radical (unpaired) electrons. The zero-order chi connectivity index (χ0) is 21.4. The van der Waals surface area contributed by atoms with Crippen LogP contribution < -0.4 is 10.1 Å². The van der Waals surface area contributed by atoms with Gasteiger partial charge >= 0.3 is 0 Å². The van der Waals surface area contributed by atoms with E-state index in [1.165, 1.54) is 0 Å². The van der Waals surface area contributed by atoms with Gasteiger partial charge in [-0.25, -0.2) is 4.98 Å². The summed E-state index contributed by atoms with van der Waals surface area (Å²) >= 11 is 0. The maximum absolute atomic E-state index is 10.9. The normalized spacial score (nSPS) is 21.3. The molecular formula is C23H26N6O2. The number of hydrogen-bond donors (Lipinski definition) is 2. The first-order valence-corrected chi connectivity index (χ1v) is 10.6. The molecule has 0 amide bonds. The zero-order valence-electron chi connectivity index (χ0n) is 17.6. The van der Waals surface area contributed by atoms with Crippen LogP contribution >= 0.6 is 0 Å². The van der Waals surface area contributed by atoms with Crippen LogP contribution in [0.5, 0.6) is 5.75 Å².